The molecule has 6 nitrogen and oxygen atoms in total. The van der Waals surface area contributed by atoms with Gasteiger partial charge < -0.3 is 16.0 Å². The number of carbonyl (C=O) groups is 2. The normalized spacial score (nSPS) is 22.1. The van der Waals surface area contributed by atoms with Crippen LogP contribution in [-0.2, 0) is 11.0 Å². The molecule has 0 bridgehead atoms. The summed E-state index contributed by atoms with van der Waals surface area (Å²) in [6.07, 6.45) is -2.89. The van der Waals surface area contributed by atoms with E-state index in [4.69, 9.17) is 17.3 Å². The second-order valence-electron chi connectivity index (χ2n) is 8.02. The third-order valence-electron chi connectivity index (χ3n) is 6.12. The Morgan fingerprint density at radius 2 is 1.94 bits per heavy atom. The summed E-state index contributed by atoms with van der Waals surface area (Å²) in [6.45, 7) is 0.0829. The van der Waals surface area contributed by atoms with E-state index in [0.29, 0.717) is 18.9 Å². The lowest BCUT2D eigenvalue weighted by molar-refractivity contribution is -0.141. The molecule has 4 rings (SSSR count). The van der Waals surface area contributed by atoms with E-state index in [0.717, 1.165) is 29.3 Å². The van der Waals surface area contributed by atoms with Crippen molar-refractivity contribution in [1.82, 2.24) is 15.2 Å². The third kappa shape index (κ3) is 3.77. The van der Waals surface area contributed by atoms with Gasteiger partial charge in [0.15, 0.2) is 0 Å². The highest BCUT2D eigenvalue weighted by Gasteiger charge is 2.63. The van der Waals surface area contributed by atoms with E-state index >= 15 is 4.39 Å². The smallest absolute Gasteiger partial charge is 0.352 e. The molecule has 1 aliphatic carbocycles. The summed E-state index contributed by atoms with van der Waals surface area (Å²) >= 11 is 5.79. The van der Waals surface area contributed by atoms with Crippen LogP contribution in [-0.4, -0.2) is 40.5 Å². The molecule has 33 heavy (non-hydrogen) atoms. The van der Waals surface area contributed by atoms with Crippen molar-refractivity contribution in [3.63, 3.8) is 0 Å². The number of nitrogens with two attached hydrogens (primary N) is 1. The Bertz CT molecular complexity index is 1110. The number of primary amides is 1. The molecule has 3 amide bonds. The predicted molar refractivity (Wildman–Crippen MR) is 107 cm³/mol. The molecule has 0 radical (unpaired) electrons. The van der Waals surface area contributed by atoms with E-state index in [2.05, 4.69) is 10.3 Å². The maximum atomic E-state index is 15.3. The van der Waals surface area contributed by atoms with Crippen LogP contribution in [0.2, 0.25) is 5.02 Å². The zero-order valence-corrected chi connectivity index (χ0v) is 17.7. The Morgan fingerprint density at radius 1 is 1.24 bits per heavy atom. The quantitative estimate of drug-likeness (QED) is 0.506. The van der Waals surface area contributed by atoms with Gasteiger partial charge in [-0.3, -0.25) is 9.78 Å². The number of amides is 3. The first-order valence-electron chi connectivity index (χ1n) is 10.0. The van der Waals surface area contributed by atoms with Crippen LogP contribution in [0, 0.1) is 17.6 Å². The summed E-state index contributed by atoms with van der Waals surface area (Å²) in [5.41, 5.74) is 2.39. The van der Waals surface area contributed by atoms with Crippen molar-refractivity contribution >= 4 is 23.5 Å². The monoisotopic (exact) mass is 488 g/mol. The van der Waals surface area contributed by atoms with Gasteiger partial charge in [-0.25, -0.2) is 13.6 Å². The highest BCUT2D eigenvalue weighted by atomic mass is 35.5. The first-order valence-corrected chi connectivity index (χ1v) is 10.4. The van der Waals surface area contributed by atoms with E-state index < -0.39 is 57.8 Å². The molecule has 1 aliphatic heterocycles. The minimum Gasteiger partial charge on any atom is -0.352 e. The van der Waals surface area contributed by atoms with Gasteiger partial charge in [0.2, 0.25) is 5.91 Å². The summed E-state index contributed by atoms with van der Waals surface area (Å²) in [4.78, 5) is 30.4. The number of pyridine rings is 1. The SMILES string of the molecule is NC(=O)N1CCNC(=O)[C@]1(C1CC1)[C@@H](c1ccc(C(F)(F)F)nc1)c1ccc(F)c(Cl)c1F. The summed E-state index contributed by atoms with van der Waals surface area (Å²) < 4.78 is 68.5. The Balaban J connectivity index is 2.01. The molecule has 12 heteroatoms. The zero-order chi connectivity index (χ0) is 24.1. The minimum absolute atomic E-state index is 0.00131. The first-order chi connectivity index (χ1) is 15.5. The van der Waals surface area contributed by atoms with Gasteiger partial charge in [0.05, 0.1) is 0 Å². The first kappa shape index (κ1) is 23.2. The van der Waals surface area contributed by atoms with Gasteiger partial charge >= 0.3 is 12.2 Å². The van der Waals surface area contributed by atoms with Crippen LogP contribution in [0.4, 0.5) is 26.7 Å². The number of benzene rings is 1. The van der Waals surface area contributed by atoms with Gasteiger partial charge in [-0.05, 0) is 36.5 Å². The molecule has 1 saturated carbocycles. The van der Waals surface area contributed by atoms with Crippen molar-refractivity contribution in [2.75, 3.05) is 13.1 Å². The molecule has 0 unspecified atom stereocenters. The van der Waals surface area contributed by atoms with Crippen LogP contribution in [0.3, 0.4) is 0 Å². The maximum absolute atomic E-state index is 15.3. The number of carbonyl (C=O) groups excluding carboxylic acids is 2. The number of aromatic nitrogens is 1. The number of urea groups is 1. The van der Waals surface area contributed by atoms with Crippen LogP contribution >= 0.6 is 11.6 Å². The van der Waals surface area contributed by atoms with Crippen molar-refractivity contribution in [3.8, 4) is 0 Å². The van der Waals surface area contributed by atoms with E-state index in [1.807, 2.05) is 0 Å². The average Bonchev–Trinajstić information content (AvgIpc) is 3.60. The van der Waals surface area contributed by atoms with Gasteiger partial charge in [0.1, 0.15) is 27.9 Å². The molecule has 176 valence electrons. The van der Waals surface area contributed by atoms with Crippen LogP contribution in [0.1, 0.15) is 35.6 Å². The van der Waals surface area contributed by atoms with E-state index in [1.165, 1.54) is 0 Å². The molecule has 1 aromatic carbocycles. The Labute approximate surface area is 189 Å². The van der Waals surface area contributed by atoms with Crippen molar-refractivity contribution in [1.29, 1.82) is 0 Å². The standard InChI is InChI=1S/C21H18ClF5N4O2/c22-16-13(23)5-4-12(17(16)24)15(10-1-6-14(30-9-10)21(25,26)27)20(11-2-3-11)18(32)29-7-8-31(20)19(28)33/h1,4-6,9,11,15H,2-3,7-8H2,(H2,28,33)(H,29,32)/t15-,20-/m0/s1. The van der Waals surface area contributed by atoms with Crippen LogP contribution in [0.5, 0.6) is 0 Å². The average molecular weight is 489 g/mol. The summed E-state index contributed by atoms with van der Waals surface area (Å²) in [5.74, 6) is -4.71. The van der Waals surface area contributed by atoms with Gasteiger partial charge in [-0.15, -0.1) is 0 Å². The van der Waals surface area contributed by atoms with Crippen LogP contribution in [0.25, 0.3) is 0 Å². The second-order valence-corrected chi connectivity index (χ2v) is 8.40. The highest BCUT2D eigenvalue weighted by Crippen LogP contribution is 2.54. The highest BCUT2D eigenvalue weighted by molar-refractivity contribution is 6.31. The molecular weight excluding hydrogens is 471 g/mol. The molecule has 0 spiro atoms. The fourth-order valence-electron chi connectivity index (χ4n) is 4.65. The Morgan fingerprint density at radius 3 is 2.48 bits per heavy atom. The molecule has 2 atom stereocenters. The van der Waals surface area contributed by atoms with Gasteiger partial charge in [0.25, 0.3) is 0 Å². The van der Waals surface area contributed by atoms with Gasteiger partial charge in [-0.1, -0.05) is 23.7 Å². The molecule has 3 N–H and O–H groups in total. The molecule has 2 heterocycles. The topological polar surface area (TPSA) is 88.3 Å². The lowest BCUT2D eigenvalue weighted by atomic mass is 9.69. The molecule has 1 saturated heterocycles. The lowest BCUT2D eigenvalue weighted by Gasteiger charge is -2.50. The number of hydrogen-bond donors (Lipinski definition) is 2. The molecule has 2 fully saturated rings. The van der Waals surface area contributed by atoms with Crippen molar-refractivity contribution < 1.29 is 31.5 Å². The Kier molecular flexibility index (Phi) is 5.71. The molecule has 2 aromatic rings. The number of rotatable bonds is 4. The number of halogens is 6. The van der Waals surface area contributed by atoms with Gasteiger partial charge in [-0.2, -0.15) is 13.2 Å². The summed E-state index contributed by atoms with van der Waals surface area (Å²) in [5, 5.41) is 1.82. The number of alkyl halides is 3. The maximum Gasteiger partial charge on any atom is 0.433 e. The number of piperazine rings is 1. The van der Waals surface area contributed by atoms with Crippen LogP contribution < -0.4 is 11.1 Å². The van der Waals surface area contributed by atoms with E-state index in [9.17, 15) is 27.2 Å². The number of nitrogens with zero attached hydrogens (tertiary/aromatic N) is 2. The van der Waals surface area contributed by atoms with Crippen molar-refractivity contribution in [2.45, 2.75) is 30.5 Å². The number of hydrogen-bond acceptors (Lipinski definition) is 3. The summed E-state index contributed by atoms with van der Waals surface area (Å²) in [7, 11) is 0. The van der Waals surface area contributed by atoms with Crippen molar-refractivity contribution in [3.05, 3.63) is 63.9 Å². The summed E-state index contributed by atoms with van der Waals surface area (Å²) in [6, 6.07) is 2.75. The van der Waals surface area contributed by atoms with E-state index in [1.54, 1.807) is 0 Å². The molecule has 2 aliphatic rings. The van der Waals surface area contributed by atoms with Gasteiger partial charge in [0, 0.05) is 30.8 Å². The van der Waals surface area contributed by atoms with Crippen LogP contribution in [0.15, 0.2) is 30.5 Å². The largest absolute Gasteiger partial charge is 0.433 e. The second kappa shape index (κ2) is 8.12. The fourth-order valence-corrected chi connectivity index (χ4v) is 4.83. The fraction of sp³-hybridized carbons (Fsp3) is 0.381. The van der Waals surface area contributed by atoms with Crippen molar-refractivity contribution in [2.24, 2.45) is 11.7 Å². The zero-order valence-electron chi connectivity index (χ0n) is 16.9. The molecule has 1 aromatic heterocycles. The third-order valence-corrected chi connectivity index (χ3v) is 6.47. The van der Waals surface area contributed by atoms with E-state index in [-0.39, 0.29) is 24.2 Å². The lowest BCUT2D eigenvalue weighted by Crippen LogP contribution is -2.71. The molecular formula is C21H18ClF5N4O2. The number of nitrogens with one attached hydrogen (secondary N) is 1. The predicted octanol–water partition coefficient (Wildman–Crippen LogP) is 3.82. The Hall–Kier alpha value is -2.95. The minimum atomic E-state index is -4.73.